The van der Waals surface area contributed by atoms with Crippen molar-refractivity contribution in [2.75, 3.05) is 26.3 Å². The van der Waals surface area contributed by atoms with E-state index in [9.17, 15) is 19.5 Å². The molecule has 2 heterocycles. The number of aliphatic imine (C=N–C) groups is 1. The first-order valence-electron chi connectivity index (χ1n) is 10.5. The molecule has 2 N–H and O–H groups in total. The van der Waals surface area contributed by atoms with Gasteiger partial charge in [-0.1, -0.05) is 6.07 Å². The molecule has 1 saturated heterocycles. The Labute approximate surface area is 189 Å². The summed E-state index contributed by atoms with van der Waals surface area (Å²) in [4.78, 5) is 45.4. The molecule has 1 aliphatic heterocycles. The third kappa shape index (κ3) is 4.63. The average Bonchev–Trinajstić information content (AvgIpc) is 2.81. The Balaban J connectivity index is 1.61. The molecule has 0 unspecified atom stereocenters. The van der Waals surface area contributed by atoms with Gasteiger partial charge in [-0.3, -0.25) is 19.6 Å². The first-order valence-corrected chi connectivity index (χ1v) is 10.5. The van der Waals surface area contributed by atoms with Crippen LogP contribution in [0.4, 0.5) is 5.69 Å². The van der Waals surface area contributed by atoms with Crippen molar-refractivity contribution >= 4 is 17.8 Å². The molecule has 4 rings (SSSR count). The molecule has 0 radical (unpaired) electrons. The number of aromatic amines is 1. The van der Waals surface area contributed by atoms with Crippen molar-refractivity contribution in [1.82, 2.24) is 14.5 Å². The molecule has 33 heavy (non-hydrogen) atoms. The summed E-state index contributed by atoms with van der Waals surface area (Å²) < 4.78 is 6.30. The van der Waals surface area contributed by atoms with Gasteiger partial charge in [-0.05, 0) is 61.4 Å². The van der Waals surface area contributed by atoms with E-state index in [1.54, 1.807) is 41.3 Å². The van der Waals surface area contributed by atoms with Crippen molar-refractivity contribution in [3.63, 3.8) is 0 Å². The zero-order chi connectivity index (χ0) is 23.5. The summed E-state index contributed by atoms with van der Waals surface area (Å²) in [7, 11) is 0. The average molecular weight is 448 g/mol. The molecule has 9 heteroatoms. The van der Waals surface area contributed by atoms with Crippen molar-refractivity contribution < 1.29 is 14.6 Å². The van der Waals surface area contributed by atoms with Gasteiger partial charge in [0.15, 0.2) is 0 Å². The number of rotatable bonds is 4. The van der Waals surface area contributed by atoms with Crippen molar-refractivity contribution in [1.29, 1.82) is 0 Å². The summed E-state index contributed by atoms with van der Waals surface area (Å²) in [6, 6.07) is 11.9. The molecule has 2 aromatic carbocycles. The van der Waals surface area contributed by atoms with Gasteiger partial charge in [0.1, 0.15) is 5.56 Å². The number of amides is 1. The number of aromatic nitrogens is 2. The molecule has 170 valence electrons. The van der Waals surface area contributed by atoms with E-state index in [1.165, 1.54) is 6.21 Å². The SMILES string of the molecule is Cc1ccc(-n2c(O)c(C=Nc3ccc(C(=O)N4CCOCC4)cc3)c(=O)[nH]c2=O)cc1C. The molecule has 9 nitrogen and oxygen atoms in total. The number of ether oxygens (including phenoxy) is 1. The van der Waals surface area contributed by atoms with E-state index in [4.69, 9.17) is 4.74 Å². The van der Waals surface area contributed by atoms with E-state index in [2.05, 4.69) is 9.98 Å². The molecule has 0 bridgehead atoms. The van der Waals surface area contributed by atoms with Crippen molar-refractivity contribution in [3.8, 4) is 11.6 Å². The van der Waals surface area contributed by atoms with Crippen LogP contribution in [-0.2, 0) is 4.74 Å². The van der Waals surface area contributed by atoms with Gasteiger partial charge < -0.3 is 14.7 Å². The van der Waals surface area contributed by atoms with Crippen LogP contribution in [0.5, 0.6) is 5.88 Å². The maximum absolute atomic E-state index is 12.5. The standard InChI is InChI=1S/C24H24N4O5/c1-15-3-8-19(13-16(15)2)28-23(31)20(21(29)26-24(28)32)14-25-18-6-4-17(5-7-18)22(30)27-9-11-33-12-10-27/h3-8,13-14,31H,9-12H2,1-2H3,(H,26,29,32). The van der Waals surface area contributed by atoms with Crippen molar-refractivity contribution in [3.05, 3.63) is 85.6 Å². The number of morpholine rings is 1. The lowest BCUT2D eigenvalue weighted by Gasteiger charge is -2.26. The molecular weight excluding hydrogens is 424 g/mol. The topological polar surface area (TPSA) is 117 Å². The van der Waals surface area contributed by atoms with Gasteiger partial charge in [-0.15, -0.1) is 0 Å². The molecule has 0 atom stereocenters. The van der Waals surface area contributed by atoms with E-state index >= 15 is 0 Å². The van der Waals surface area contributed by atoms with Gasteiger partial charge in [0, 0.05) is 24.9 Å². The van der Waals surface area contributed by atoms with Crippen molar-refractivity contribution in [2.24, 2.45) is 4.99 Å². The number of carbonyl (C=O) groups is 1. The largest absolute Gasteiger partial charge is 0.493 e. The van der Waals surface area contributed by atoms with E-state index in [-0.39, 0.29) is 11.5 Å². The third-order valence-corrected chi connectivity index (χ3v) is 5.62. The highest BCUT2D eigenvalue weighted by molar-refractivity contribution is 5.94. The smallest absolute Gasteiger partial charge is 0.335 e. The number of hydrogen-bond acceptors (Lipinski definition) is 6. The summed E-state index contributed by atoms with van der Waals surface area (Å²) in [6.45, 7) is 5.98. The van der Waals surface area contributed by atoms with Gasteiger partial charge in [0.2, 0.25) is 5.88 Å². The Morgan fingerprint density at radius 1 is 1.06 bits per heavy atom. The molecule has 1 aromatic heterocycles. The fourth-order valence-corrected chi connectivity index (χ4v) is 3.54. The molecule has 1 amide bonds. The minimum absolute atomic E-state index is 0.0802. The summed E-state index contributed by atoms with van der Waals surface area (Å²) in [5.41, 5.74) is 1.76. The maximum Gasteiger partial charge on any atom is 0.335 e. The van der Waals surface area contributed by atoms with E-state index in [0.717, 1.165) is 15.7 Å². The number of H-pyrrole nitrogens is 1. The highest BCUT2D eigenvalue weighted by atomic mass is 16.5. The normalized spacial score (nSPS) is 14.1. The number of aryl methyl sites for hydroxylation is 2. The third-order valence-electron chi connectivity index (χ3n) is 5.62. The first-order chi connectivity index (χ1) is 15.8. The summed E-state index contributed by atoms with van der Waals surface area (Å²) in [5.74, 6) is -0.585. The quantitative estimate of drug-likeness (QED) is 0.593. The van der Waals surface area contributed by atoms with Crippen LogP contribution in [0.25, 0.3) is 5.69 Å². The van der Waals surface area contributed by atoms with Crippen molar-refractivity contribution in [2.45, 2.75) is 13.8 Å². The van der Waals surface area contributed by atoms with Gasteiger partial charge in [-0.25, -0.2) is 9.36 Å². The Bertz CT molecular complexity index is 1330. The molecule has 0 spiro atoms. The molecule has 3 aromatic rings. The lowest BCUT2D eigenvalue weighted by atomic mass is 10.1. The van der Waals surface area contributed by atoms with Crippen LogP contribution in [0, 0.1) is 13.8 Å². The summed E-state index contributed by atoms with van der Waals surface area (Å²) in [6.07, 6.45) is 1.20. The van der Waals surface area contributed by atoms with Gasteiger partial charge in [0.25, 0.3) is 11.5 Å². The van der Waals surface area contributed by atoms with Gasteiger partial charge in [-0.2, -0.15) is 0 Å². The second-order valence-electron chi connectivity index (χ2n) is 7.81. The number of nitrogens with one attached hydrogen (secondary N) is 1. The van der Waals surface area contributed by atoms with Crippen LogP contribution in [0.15, 0.2) is 57.0 Å². The highest BCUT2D eigenvalue weighted by Crippen LogP contribution is 2.20. The van der Waals surface area contributed by atoms with Gasteiger partial charge >= 0.3 is 5.69 Å². The van der Waals surface area contributed by atoms with Crippen LogP contribution in [0.3, 0.4) is 0 Å². The lowest BCUT2D eigenvalue weighted by Crippen LogP contribution is -2.40. The number of carbonyl (C=O) groups excluding carboxylic acids is 1. The number of nitrogens with zero attached hydrogens (tertiary/aromatic N) is 3. The Hall–Kier alpha value is -3.98. The van der Waals surface area contributed by atoms with Crippen LogP contribution >= 0.6 is 0 Å². The van der Waals surface area contributed by atoms with Crippen LogP contribution < -0.4 is 11.2 Å². The highest BCUT2D eigenvalue weighted by Gasteiger charge is 2.18. The van der Waals surface area contributed by atoms with Crippen LogP contribution in [0.1, 0.15) is 27.0 Å². The summed E-state index contributed by atoms with van der Waals surface area (Å²) >= 11 is 0. The fraction of sp³-hybridized carbons (Fsp3) is 0.250. The Morgan fingerprint density at radius 2 is 1.76 bits per heavy atom. The van der Waals surface area contributed by atoms with Crippen LogP contribution in [-0.4, -0.2) is 58.0 Å². The van der Waals surface area contributed by atoms with E-state index in [0.29, 0.717) is 43.2 Å². The predicted octanol–water partition coefficient (Wildman–Crippen LogP) is 2.07. The Kier molecular flexibility index (Phi) is 6.23. The maximum atomic E-state index is 12.5. The number of hydrogen-bond donors (Lipinski definition) is 2. The van der Waals surface area contributed by atoms with Gasteiger partial charge in [0.05, 0.1) is 24.6 Å². The minimum atomic E-state index is -0.750. The first kappa shape index (κ1) is 22.2. The van der Waals surface area contributed by atoms with E-state index in [1.807, 2.05) is 19.9 Å². The fourth-order valence-electron chi connectivity index (χ4n) is 3.54. The molecule has 0 saturated carbocycles. The zero-order valence-electron chi connectivity index (χ0n) is 18.4. The molecule has 1 fully saturated rings. The Morgan fingerprint density at radius 3 is 2.42 bits per heavy atom. The predicted molar refractivity (Wildman–Crippen MR) is 124 cm³/mol. The second-order valence-corrected chi connectivity index (χ2v) is 7.81. The number of benzene rings is 2. The second kappa shape index (κ2) is 9.25. The minimum Gasteiger partial charge on any atom is -0.493 e. The summed E-state index contributed by atoms with van der Waals surface area (Å²) in [5, 5.41) is 10.7. The molecule has 1 aliphatic rings. The lowest BCUT2D eigenvalue weighted by molar-refractivity contribution is 0.0303. The molecular formula is C24H24N4O5. The zero-order valence-corrected chi connectivity index (χ0v) is 18.4. The molecule has 0 aliphatic carbocycles. The van der Waals surface area contributed by atoms with E-state index < -0.39 is 17.1 Å². The van der Waals surface area contributed by atoms with Crippen LogP contribution in [0.2, 0.25) is 0 Å². The number of aromatic hydroxyl groups is 1. The monoisotopic (exact) mass is 448 g/mol.